The molecule has 1 amide bonds. The van der Waals surface area contributed by atoms with Gasteiger partial charge in [-0.3, -0.25) is 4.79 Å². The van der Waals surface area contributed by atoms with E-state index in [1.165, 1.54) is 18.9 Å². The van der Waals surface area contributed by atoms with Gasteiger partial charge in [0, 0.05) is 25.2 Å². The maximum absolute atomic E-state index is 12.9. The zero-order valence-corrected chi connectivity index (χ0v) is 17.1. The second kappa shape index (κ2) is 9.17. The molecule has 2 aliphatic rings. The molecular weight excluding hydrogens is 362 g/mol. The van der Waals surface area contributed by atoms with Gasteiger partial charge in [0.05, 0.1) is 4.90 Å². The first-order valence-electron chi connectivity index (χ1n) is 10.1. The van der Waals surface area contributed by atoms with Crippen molar-refractivity contribution in [2.75, 3.05) is 39.3 Å². The minimum Gasteiger partial charge on any atom is -0.352 e. The third-order valence-corrected chi connectivity index (χ3v) is 7.44. The zero-order valence-electron chi connectivity index (χ0n) is 16.2. The fraction of sp³-hybridized carbons (Fsp3) is 0.650. The molecule has 0 unspecified atom stereocenters. The number of likely N-dealkylation sites (tertiary alicyclic amines) is 1. The summed E-state index contributed by atoms with van der Waals surface area (Å²) < 4.78 is 27.3. The topological polar surface area (TPSA) is 69.7 Å². The first-order chi connectivity index (χ1) is 13.0. The van der Waals surface area contributed by atoms with E-state index >= 15 is 0 Å². The molecular formula is C20H31N3O3S. The number of hydrogen-bond donors (Lipinski definition) is 1. The Kier molecular flexibility index (Phi) is 6.89. The highest BCUT2D eigenvalue weighted by Gasteiger charge is 2.27. The fourth-order valence-corrected chi connectivity index (χ4v) is 5.41. The zero-order chi connectivity index (χ0) is 19.3. The number of amides is 1. The summed E-state index contributed by atoms with van der Waals surface area (Å²) in [6.07, 6.45) is 6.32. The first-order valence-corrected chi connectivity index (χ1v) is 11.5. The molecule has 27 heavy (non-hydrogen) atoms. The molecule has 2 heterocycles. The van der Waals surface area contributed by atoms with Crippen LogP contribution in [0, 0.1) is 6.92 Å². The van der Waals surface area contributed by atoms with Crippen LogP contribution in [0.4, 0.5) is 0 Å². The lowest BCUT2D eigenvalue weighted by molar-refractivity contribution is 0.0951. The van der Waals surface area contributed by atoms with Crippen LogP contribution < -0.4 is 5.32 Å². The summed E-state index contributed by atoms with van der Waals surface area (Å²) in [5.41, 5.74) is 1.25. The second-order valence-corrected chi connectivity index (χ2v) is 9.54. The number of sulfonamides is 1. The van der Waals surface area contributed by atoms with Crippen LogP contribution in [0.1, 0.15) is 54.4 Å². The molecule has 1 aromatic rings. The normalized spacial score (nSPS) is 19.3. The minimum absolute atomic E-state index is 0.190. The number of aryl methyl sites for hydroxylation is 1. The summed E-state index contributed by atoms with van der Waals surface area (Å²) in [6.45, 7) is 6.90. The van der Waals surface area contributed by atoms with E-state index in [0.29, 0.717) is 25.2 Å². The molecule has 6 nitrogen and oxygen atoms in total. The summed E-state index contributed by atoms with van der Waals surface area (Å²) in [4.78, 5) is 15.2. The summed E-state index contributed by atoms with van der Waals surface area (Å²) in [5.74, 6) is -0.190. The van der Waals surface area contributed by atoms with Gasteiger partial charge in [0.1, 0.15) is 0 Å². The molecule has 0 spiro atoms. The Morgan fingerprint density at radius 1 is 1.04 bits per heavy atom. The van der Waals surface area contributed by atoms with Crippen molar-refractivity contribution in [2.45, 2.75) is 50.3 Å². The smallest absolute Gasteiger partial charge is 0.251 e. The van der Waals surface area contributed by atoms with Crippen molar-refractivity contribution in [1.82, 2.24) is 14.5 Å². The lowest BCUT2D eigenvalue weighted by Gasteiger charge is -2.26. The van der Waals surface area contributed by atoms with Gasteiger partial charge in [-0.2, -0.15) is 4.31 Å². The second-order valence-electron chi connectivity index (χ2n) is 7.60. The number of carbonyl (C=O) groups excluding carboxylic acids is 1. The molecule has 0 aromatic heterocycles. The van der Waals surface area contributed by atoms with Gasteiger partial charge in [-0.15, -0.1) is 0 Å². The fourth-order valence-electron chi connectivity index (χ4n) is 3.87. The number of piperidine rings is 1. The summed E-state index contributed by atoms with van der Waals surface area (Å²) in [7, 11) is -3.52. The number of benzene rings is 1. The van der Waals surface area contributed by atoms with E-state index in [9.17, 15) is 13.2 Å². The van der Waals surface area contributed by atoms with Crippen molar-refractivity contribution in [3.05, 3.63) is 29.3 Å². The summed E-state index contributed by atoms with van der Waals surface area (Å²) in [6, 6.07) is 4.88. The van der Waals surface area contributed by atoms with Crippen molar-refractivity contribution in [3.8, 4) is 0 Å². The van der Waals surface area contributed by atoms with Gasteiger partial charge in [0.15, 0.2) is 0 Å². The number of hydrogen-bond acceptors (Lipinski definition) is 4. The third-order valence-electron chi connectivity index (χ3n) is 5.54. The highest BCUT2D eigenvalue weighted by atomic mass is 32.2. The number of nitrogens with one attached hydrogen (secondary N) is 1. The SMILES string of the molecule is Cc1ccc(S(=O)(=O)N2CCCCC2)cc1C(=O)NCCCN1CCCC1. The molecule has 0 radical (unpaired) electrons. The molecule has 2 aliphatic heterocycles. The van der Waals surface area contributed by atoms with Crippen LogP contribution in [0.25, 0.3) is 0 Å². The van der Waals surface area contributed by atoms with E-state index < -0.39 is 10.0 Å². The lowest BCUT2D eigenvalue weighted by Crippen LogP contribution is -2.35. The van der Waals surface area contributed by atoms with Crippen LogP contribution >= 0.6 is 0 Å². The Morgan fingerprint density at radius 3 is 2.41 bits per heavy atom. The van der Waals surface area contributed by atoms with E-state index in [0.717, 1.165) is 50.9 Å². The summed E-state index contributed by atoms with van der Waals surface area (Å²) in [5, 5.41) is 2.95. The molecule has 2 fully saturated rings. The van der Waals surface area contributed by atoms with Gasteiger partial charge in [-0.25, -0.2) is 8.42 Å². The minimum atomic E-state index is -3.52. The Labute approximate surface area is 163 Å². The van der Waals surface area contributed by atoms with E-state index in [-0.39, 0.29) is 10.8 Å². The molecule has 3 rings (SSSR count). The van der Waals surface area contributed by atoms with Crippen LogP contribution in [0.3, 0.4) is 0 Å². The number of nitrogens with zero attached hydrogens (tertiary/aromatic N) is 2. The van der Waals surface area contributed by atoms with Crippen LogP contribution in [-0.4, -0.2) is 62.8 Å². The Hall–Kier alpha value is -1.44. The van der Waals surface area contributed by atoms with Gasteiger partial charge in [-0.1, -0.05) is 12.5 Å². The van der Waals surface area contributed by atoms with Crippen LogP contribution in [0.5, 0.6) is 0 Å². The molecule has 7 heteroatoms. The Morgan fingerprint density at radius 2 is 1.70 bits per heavy atom. The highest BCUT2D eigenvalue weighted by Crippen LogP contribution is 2.22. The van der Waals surface area contributed by atoms with E-state index in [4.69, 9.17) is 0 Å². The van der Waals surface area contributed by atoms with E-state index in [1.54, 1.807) is 16.4 Å². The largest absolute Gasteiger partial charge is 0.352 e. The standard InChI is InChI=1S/C20H31N3O3S/c1-17-8-9-18(27(25,26)23-14-3-2-4-15-23)16-19(17)20(24)21-10-7-13-22-11-5-6-12-22/h8-9,16H,2-7,10-15H2,1H3,(H,21,24). The average molecular weight is 394 g/mol. The van der Waals surface area contributed by atoms with Crippen molar-refractivity contribution in [3.63, 3.8) is 0 Å². The molecule has 150 valence electrons. The van der Waals surface area contributed by atoms with Gasteiger partial charge in [0.25, 0.3) is 5.91 Å². The molecule has 1 aromatic carbocycles. The van der Waals surface area contributed by atoms with Gasteiger partial charge >= 0.3 is 0 Å². The van der Waals surface area contributed by atoms with Crippen LogP contribution in [-0.2, 0) is 10.0 Å². The van der Waals surface area contributed by atoms with Crippen molar-refractivity contribution < 1.29 is 13.2 Å². The van der Waals surface area contributed by atoms with Gasteiger partial charge in [0.2, 0.25) is 10.0 Å². The van der Waals surface area contributed by atoms with E-state index in [1.807, 2.05) is 6.92 Å². The van der Waals surface area contributed by atoms with Crippen molar-refractivity contribution in [1.29, 1.82) is 0 Å². The molecule has 1 N–H and O–H groups in total. The third kappa shape index (κ3) is 5.09. The van der Waals surface area contributed by atoms with E-state index in [2.05, 4.69) is 10.2 Å². The molecule has 0 aliphatic carbocycles. The highest BCUT2D eigenvalue weighted by molar-refractivity contribution is 7.89. The van der Waals surface area contributed by atoms with Crippen LogP contribution in [0.15, 0.2) is 23.1 Å². The number of rotatable bonds is 7. The van der Waals surface area contributed by atoms with Gasteiger partial charge < -0.3 is 10.2 Å². The molecule has 2 saturated heterocycles. The molecule has 0 bridgehead atoms. The maximum Gasteiger partial charge on any atom is 0.251 e. The predicted octanol–water partition coefficient (Wildman–Crippen LogP) is 2.39. The first kappa shape index (κ1) is 20.3. The summed E-state index contributed by atoms with van der Waals surface area (Å²) >= 11 is 0. The average Bonchev–Trinajstić information content (AvgIpc) is 3.19. The molecule has 0 atom stereocenters. The van der Waals surface area contributed by atoms with Crippen LogP contribution in [0.2, 0.25) is 0 Å². The maximum atomic E-state index is 12.9. The Balaban J connectivity index is 1.62. The number of carbonyl (C=O) groups is 1. The predicted molar refractivity (Wildman–Crippen MR) is 106 cm³/mol. The monoisotopic (exact) mass is 393 g/mol. The Bertz CT molecular complexity index is 752. The lowest BCUT2D eigenvalue weighted by atomic mass is 10.1. The molecule has 0 saturated carbocycles. The van der Waals surface area contributed by atoms with Crippen molar-refractivity contribution in [2.24, 2.45) is 0 Å². The van der Waals surface area contributed by atoms with Gasteiger partial charge in [-0.05, 0) is 76.4 Å². The van der Waals surface area contributed by atoms with Crippen molar-refractivity contribution >= 4 is 15.9 Å². The quantitative estimate of drug-likeness (QED) is 0.722.